The summed E-state index contributed by atoms with van der Waals surface area (Å²) in [4.78, 5) is 33.5. The molecule has 32 heavy (non-hydrogen) atoms. The molecule has 8 heteroatoms. The molecule has 0 bridgehead atoms. The summed E-state index contributed by atoms with van der Waals surface area (Å²) in [5, 5.41) is 3.80. The Balaban J connectivity index is 0.00000114. The van der Waals surface area contributed by atoms with Crippen LogP contribution in [0.2, 0.25) is 0 Å². The number of fused-ring (bicyclic) bond motifs is 1. The number of carbonyl (C=O) groups excluding carboxylic acids is 3. The van der Waals surface area contributed by atoms with Crippen molar-refractivity contribution in [2.75, 3.05) is 19.5 Å². The van der Waals surface area contributed by atoms with Gasteiger partial charge in [-0.3, -0.25) is 9.78 Å². The van der Waals surface area contributed by atoms with Crippen LogP contribution in [0.1, 0.15) is 35.5 Å². The third-order valence-electron chi connectivity index (χ3n) is 4.66. The quantitative estimate of drug-likeness (QED) is 0.606. The van der Waals surface area contributed by atoms with E-state index in [2.05, 4.69) is 10.3 Å². The van der Waals surface area contributed by atoms with Gasteiger partial charge >= 0.3 is 6.15 Å². The molecule has 2 aromatic carbocycles. The number of nitrogens with one attached hydrogen (secondary N) is 1. The number of benzene rings is 2. The van der Waals surface area contributed by atoms with Crippen LogP contribution in [-0.4, -0.2) is 36.3 Å². The molecule has 0 unspecified atom stereocenters. The number of ether oxygens (including phenoxy) is 2. The summed E-state index contributed by atoms with van der Waals surface area (Å²) >= 11 is 0. The molecule has 0 aliphatic rings. The van der Waals surface area contributed by atoms with Crippen LogP contribution in [-0.2, 0) is 9.59 Å². The average molecular weight is 437 g/mol. The number of rotatable bonds is 6. The van der Waals surface area contributed by atoms with Gasteiger partial charge in [0.25, 0.3) is 5.91 Å². The predicted octanol–water partition coefficient (Wildman–Crippen LogP) is 3.45. The van der Waals surface area contributed by atoms with Crippen molar-refractivity contribution in [3.8, 4) is 11.5 Å². The second-order valence-corrected chi connectivity index (χ2v) is 7.90. The fourth-order valence-corrected chi connectivity index (χ4v) is 3.18. The van der Waals surface area contributed by atoms with Crippen molar-refractivity contribution in [2.24, 2.45) is 0 Å². The first kappa shape index (κ1) is 24.4. The molecule has 0 saturated heterocycles. The maximum atomic E-state index is 12.7. The number of anilines is 1. The smallest absolute Gasteiger partial charge is 0.373 e. The van der Waals surface area contributed by atoms with Crippen molar-refractivity contribution in [2.45, 2.75) is 33.2 Å². The minimum atomic E-state index is -0.607. The lowest BCUT2D eigenvalue weighted by atomic mass is 10.0. The Labute approximate surface area is 186 Å². The largest absolute Gasteiger partial charge is 0.496 e. The van der Waals surface area contributed by atoms with Crippen LogP contribution in [0.5, 0.6) is 11.5 Å². The van der Waals surface area contributed by atoms with E-state index < -0.39 is 5.54 Å². The van der Waals surface area contributed by atoms with Gasteiger partial charge in [-0.05, 0) is 63.6 Å². The highest BCUT2D eigenvalue weighted by Gasteiger charge is 2.23. The van der Waals surface area contributed by atoms with Gasteiger partial charge in [0.2, 0.25) is 0 Å². The Morgan fingerprint density at radius 2 is 1.81 bits per heavy atom. The first-order chi connectivity index (χ1) is 15.1. The van der Waals surface area contributed by atoms with Crippen molar-refractivity contribution in [1.29, 1.82) is 0 Å². The topological polar surface area (TPSA) is 121 Å². The Morgan fingerprint density at radius 1 is 1.12 bits per heavy atom. The molecular weight excluding hydrogens is 410 g/mol. The van der Waals surface area contributed by atoms with Crippen LogP contribution in [0.15, 0.2) is 42.5 Å². The highest BCUT2D eigenvalue weighted by molar-refractivity contribution is 5.96. The number of nitrogen functional groups attached to an aromatic ring is 1. The average Bonchev–Trinajstić information content (AvgIpc) is 2.72. The third kappa shape index (κ3) is 6.06. The fourth-order valence-electron chi connectivity index (χ4n) is 3.18. The van der Waals surface area contributed by atoms with Crippen LogP contribution < -0.4 is 20.5 Å². The summed E-state index contributed by atoms with van der Waals surface area (Å²) in [5.41, 5.74) is 9.36. The summed E-state index contributed by atoms with van der Waals surface area (Å²) in [5.74, 6) is 1.14. The second-order valence-electron chi connectivity index (χ2n) is 7.90. The lowest BCUT2D eigenvalue weighted by Gasteiger charge is -2.27. The van der Waals surface area contributed by atoms with Gasteiger partial charge in [0, 0.05) is 16.9 Å². The van der Waals surface area contributed by atoms with E-state index >= 15 is 0 Å². The van der Waals surface area contributed by atoms with Gasteiger partial charge in [-0.15, -0.1) is 0 Å². The maximum absolute atomic E-state index is 12.7. The van der Waals surface area contributed by atoms with E-state index in [4.69, 9.17) is 24.8 Å². The van der Waals surface area contributed by atoms with E-state index in [0.717, 1.165) is 22.2 Å². The summed E-state index contributed by atoms with van der Waals surface area (Å²) < 4.78 is 11.4. The molecule has 0 aliphatic heterocycles. The normalized spacial score (nSPS) is 10.5. The van der Waals surface area contributed by atoms with Crippen molar-refractivity contribution in [1.82, 2.24) is 10.3 Å². The zero-order valence-electron chi connectivity index (χ0n) is 18.8. The Bertz CT molecular complexity index is 1150. The van der Waals surface area contributed by atoms with Crippen molar-refractivity contribution >= 4 is 28.6 Å². The number of hydrogen-bond donors (Lipinski definition) is 2. The number of hydrogen-bond acceptors (Lipinski definition) is 7. The molecule has 1 heterocycles. The fraction of sp³-hybridized carbons (Fsp3) is 0.292. The van der Waals surface area contributed by atoms with Crippen LogP contribution in [0.3, 0.4) is 0 Å². The van der Waals surface area contributed by atoms with Gasteiger partial charge in [0.15, 0.2) is 0 Å². The zero-order chi connectivity index (χ0) is 23.9. The number of nitrogens with two attached hydrogens (primary N) is 1. The monoisotopic (exact) mass is 437 g/mol. The van der Waals surface area contributed by atoms with Crippen molar-refractivity contribution in [3.05, 3.63) is 59.3 Å². The number of amides is 1. The molecule has 0 atom stereocenters. The van der Waals surface area contributed by atoms with E-state index in [1.54, 1.807) is 19.2 Å². The summed E-state index contributed by atoms with van der Waals surface area (Å²) in [6, 6.07) is 12.9. The van der Waals surface area contributed by atoms with E-state index in [1.165, 1.54) is 0 Å². The molecule has 0 saturated carbocycles. The van der Waals surface area contributed by atoms with Gasteiger partial charge in [-0.2, -0.15) is 9.59 Å². The molecule has 0 spiro atoms. The first-order valence-corrected chi connectivity index (χ1v) is 9.87. The summed E-state index contributed by atoms with van der Waals surface area (Å²) in [7, 11) is 1.59. The van der Waals surface area contributed by atoms with Crippen molar-refractivity contribution in [3.63, 3.8) is 0 Å². The lowest BCUT2D eigenvalue weighted by molar-refractivity contribution is -0.191. The van der Waals surface area contributed by atoms with Crippen molar-refractivity contribution < 1.29 is 23.9 Å². The minimum absolute atomic E-state index is 0.188. The number of nitrogens with zero attached hydrogens (tertiary/aromatic N) is 1. The number of carbonyl (C=O) groups is 1. The molecule has 0 aliphatic carbocycles. The van der Waals surface area contributed by atoms with Gasteiger partial charge < -0.3 is 20.5 Å². The molecule has 3 aromatic rings. The van der Waals surface area contributed by atoms with Crippen LogP contribution in [0.4, 0.5) is 5.69 Å². The lowest BCUT2D eigenvalue weighted by Crippen LogP contribution is -2.47. The van der Waals surface area contributed by atoms with Gasteiger partial charge in [-0.25, -0.2) is 0 Å². The highest BCUT2D eigenvalue weighted by atomic mass is 16.5. The molecule has 0 radical (unpaired) electrons. The minimum Gasteiger partial charge on any atom is -0.496 e. The standard InChI is InChI=1S/C23H27N3O3.CO2/c1-14-9-10-16(12-20(14)28-5)22(27)26-23(3,4)13-29-19-8-6-7-18-21(19)17(24)11-15(2)25-18;2-1-3/h6-12H,13H2,1-5H3,(H2,24,25)(H,26,27);. The van der Waals surface area contributed by atoms with Gasteiger partial charge in [-0.1, -0.05) is 12.1 Å². The van der Waals surface area contributed by atoms with Crippen LogP contribution >= 0.6 is 0 Å². The molecule has 1 amide bonds. The second kappa shape index (κ2) is 10.4. The first-order valence-electron chi connectivity index (χ1n) is 9.87. The molecule has 3 rings (SSSR count). The van der Waals surface area contributed by atoms with Crippen LogP contribution in [0, 0.1) is 13.8 Å². The van der Waals surface area contributed by atoms with Gasteiger partial charge in [0.05, 0.1) is 23.6 Å². The number of aryl methyl sites for hydroxylation is 2. The highest BCUT2D eigenvalue weighted by Crippen LogP contribution is 2.30. The Kier molecular flexibility index (Phi) is 7.93. The SMILES string of the molecule is COc1cc(C(=O)NC(C)(C)COc2cccc3nc(C)cc(N)c23)ccc1C.O=C=O. The third-order valence-corrected chi connectivity index (χ3v) is 4.66. The molecule has 8 nitrogen and oxygen atoms in total. The molecule has 3 N–H and O–H groups in total. The molecular formula is C24H27N3O5. The number of methoxy groups -OCH3 is 1. The van der Waals surface area contributed by atoms with E-state index in [9.17, 15) is 4.79 Å². The Hall–Kier alpha value is -3.90. The maximum Gasteiger partial charge on any atom is 0.373 e. The van der Waals surface area contributed by atoms with Gasteiger partial charge in [0.1, 0.15) is 18.1 Å². The molecule has 1 aromatic heterocycles. The zero-order valence-corrected chi connectivity index (χ0v) is 18.8. The van der Waals surface area contributed by atoms with E-state index in [-0.39, 0.29) is 18.7 Å². The summed E-state index contributed by atoms with van der Waals surface area (Å²) in [6.07, 6.45) is 0.250. The van der Waals surface area contributed by atoms with Crippen LogP contribution in [0.25, 0.3) is 10.9 Å². The molecule has 168 valence electrons. The molecule has 0 fully saturated rings. The predicted molar refractivity (Wildman–Crippen MR) is 121 cm³/mol. The van der Waals surface area contributed by atoms with E-state index in [0.29, 0.717) is 22.7 Å². The number of pyridine rings is 1. The number of aromatic nitrogens is 1. The Morgan fingerprint density at radius 3 is 2.47 bits per heavy atom. The van der Waals surface area contributed by atoms with E-state index in [1.807, 2.05) is 58.0 Å². The summed E-state index contributed by atoms with van der Waals surface area (Å²) in [6.45, 7) is 7.93.